The predicted molar refractivity (Wildman–Crippen MR) is 99.1 cm³/mol. The molecule has 1 fully saturated rings. The predicted octanol–water partition coefficient (Wildman–Crippen LogP) is 1.57. The van der Waals surface area contributed by atoms with Gasteiger partial charge in [0.2, 0.25) is 0 Å². The zero-order valence-electron chi connectivity index (χ0n) is 14.9. The van der Waals surface area contributed by atoms with Crippen molar-refractivity contribution in [3.05, 3.63) is 35.7 Å². The Balaban J connectivity index is 0.00000243. The zero-order chi connectivity index (χ0) is 17.6. The van der Waals surface area contributed by atoms with Crippen molar-refractivity contribution in [1.29, 1.82) is 0 Å². The molecule has 0 saturated carbocycles. The molecule has 8 nitrogen and oxygen atoms in total. The van der Waals surface area contributed by atoms with Crippen LogP contribution in [-0.2, 0) is 6.54 Å². The molecule has 0 atom stereocenters. The summed E-state index contributed by atoms with van der Waals surface area (Å²) in [4.78, 5) is 12.4. The molecule has 26 heavy (non-hydrogen) atoms. The van der Waals surface area contributed by atoms with Crippen LogP contribution in [0.2, 0.25) is 0 Å². The first-order valence-electron chi connectivity index (χ1n) is 8.33. The number of aromatic nitrogens is 3. The van der Waals surface area contributed by atoms with Gasteiger partial charge in [-0.25, -0.2) is 4.68 Å². The third kappa shape index (κ3) is 4.44. The normalized spacial score (nSPS) is 14.4. The number of nitrogens with one attached hydrogen (secondary N) is 2. The van der Waals surface area contributed by atoms with Gasteiger partial charge in [0.25, 0.3) is 5.91 Å². The highest BCUT2D eigenvalue weighted by Gasteiger charge is 2.19. The van der Waals surface area contributed by atoms with Crippen molar-refractivity contribution in [2.45, 2.75) is 25.4 Å². The topological polar surface area (TPSA) is 90.3 Å². The molecule has 142 valence electrons. The van der Waals surface area contributed by atoms with Crippen molar-refractivity contribution < 1.29 is 14.3 Å². The molecule has 1 aromatic heterocycles. The zero-order valence-corrected chi connectivity index (χ0v) is 15.7. The average molecular weight is 382 g/mol. The molecule has 0 unspecified atom stereocenters. The Hall–Kier alpha value is -2.32. The van der Waals surface area contributed by atoms with E-state index in [1.807, 2.05) is 18.2 Å². The van der Waals surface area contributed by atoms with Crippen LogP contribution in [0.4, 0.5) is 0 Å². The molecular weight excluding hydrogens is 358 g/mol. The summed E-state index contributed by atoms with van der Waals surface area (Å²) < 4.78 is 12.4. The van der Waals surface area contributed by atoms with Gasteiger partial charge >= 0.3 is 0 Å². The van der Waals surface area contributed by atoms with Gasteiger partial charge < -0.3 is 20.1 Å². The van der Waals surface area contributed by atoms with Crippen LogP contribution >= 0.6 is 12.4 Å². The second-order valence-corrected chi connectivity index (χ2v) is 5.90. The number of halogens is 1. The Morgan fingerprint density at radius 1 is 1.31 bits per heavy atom. The van der Waals surface area contributed by atoms with Crippen LogP contribution in [0.3, 0.4) is 0 Å². The Morgan fingerprint density at radius 3 is 2.77 bits per heavy atom. The monoisotopic (exact) mass is 381 g/mol. The standard InChI is InChI=1S/C17H23N5O3.ClH/c1-24-15-5-3-4-12(16(15)25-2)10-19-17(23)14-11-22(21-20-14)13-6-8-18-9-7-13;/h3-5,11,13,18H,6-10H2,1-2H3,(H,19,23);1H. The largest absolute Gasteiger partial charge is 0.493 e. The Morgan fingerprint density at radius 2 is 2.08 bits per heavy atom. The summed E-state index contributed by atoms with van der Waals surface area (Å²) in [6.45, 7) is 2.24. The van der Waals surface area contributed by atoms with E-state index in [1.165, 1.54) is 0 Å². The first-order valence-corrected chi connectivity index (χ1v) is 8.33. The number of carbonyl (C=O) groups excluding carboxylic acids is 1. The van der Waals surface area contributed by atoms with E-state index in [2.05, 4.69) is 20.9 Å². The van der Waals surface area contributed by atoms with Crippen molar-refractivity contribution in [1.82, 2.24) is 25.6 Å². The highest BCUT2D eigenvalue weighted by atomic mass is 35.5. The van der Waals surface area contributed by atoms with E-state index in [0.29, 0.717) is 29.8 Å². The van der Waals surface area contributed by atoms with Gasteiger partial charge in [-0.1, -0.05) is 17.3 Å². The van der Waals surface area contributed by atoms with Crippen LogP contribution in [0.1, 0.15) is 34.9 Å². The molecule has 2 heterocycles. The lowest BCUT2D eigenvalue weighted by atomic mass is 10.1. The second-order valence-electron chi connectivity index (χ2n) is 5.90. The van der Waals surface area contributed by atoms with E-state index in [9.17, 15) is 4.79 Å². The van der Waals surface area contributed by atoms with Crippen molar-refractivity contribution in [3.63, 3.8) is 0 Å². The minimum Gasteiger partial charge on any atom is -0.493 e. The summed E-state index contributed by atoms with van der Waals surface area (Å²) in [5.41, 5.74) is 1.15. The quantitative estimate of drug-likeness (QED) is 0.789. The Bertz CT molecular complexity index is 731. The van der Waals surface area contributed by atoms with Gasteiger partial charge in [0, 0.05) is 12.1 Å². The third-order valence-corrected chi connectivity index (χ3v) is 4.35. The molecular formula is C17H24ClN5O3. The molecule has 1 aliphatic heterocycles. The number of benzene rings is 1. The van der Waals surface area contributed by atoms with Crippen LogP contribution in [0.15, 0.2) is 24.4 Å². The lowest BCUT2D eigenvalue weighted by Gasteiger charge is -2.22. The molecule has 0 aliphatic carbocycles. The number of carbonyl (C=O) groups is 1. The number of para-hydroxylation sites is 1. The van der Waals surface area contributed by atoms with Crippen LogP contribution in [-0.4, -0.2) is 48.2 Å². The SMILES string of the molecule is COc1cccc(CNC(=O)c2cn(C3CCNCC3)nn2)c1OC.Cl. The maximum absolute atomic E-state index is 12.4. The van der Waals surface area contributed by atoms with Crippen molar-refractivity contribution in [2.75, 3.05) is 27.3 Å². The van der Waals surface area contributed by atoms with Gasteiger partial charge in [0.1, 0.15) is 0 Å². The van der Waals surface area contributed by atoms with E-state index in [4.69, 9.17) is 9.47 Å². The molecule has 2 aromatic rings. The molecule has 1 aliphatic rings. The Kier molecular flexibility index (Phi) is 7.23. The number of amides is 1. The molecule has 2 N–H and O–H groups in total. The van der Waals surface area contributed by atoms with Crippen LogP contribution < -0.4 is 20.1 Å². The van der Waals surface area contributed by atoms with E-state index in [-0.39, 0.29) is 18.3 Å². The molecule has 3 rings (SSSR count). The maximum Gasteiger partial charge on any atom is 0.273 e. The van der Waals surface area contributed by atoms with Gasteiger partial charge in [0.15, 0.2) is 17.2 Å². The lowest BCUT2D eigenvalue weighted by molar-refractivity contribution is 0.0945. The van der Waals surface area contributed by atoms with Crippen LogP contribution in [0, 0.1) is 0 Å². The van der Waals surface area contributed by atoms with E-state index >= 15 is 0 Å². The molecule has 1 saturated heterocycles. The fourth-order valence-corrected chi connectivity index (χ4v) is 2.99. The van der Waals surface area contributed by atoms with E-state index in [1.54, 1.807) is 25.1 Å². The van der Waals surface area contributed by atoms with Gasteiger partial charge in [-0.3, -0.25) is 4.79 Å². The summed E-state index contributed by atoms with van der Waals surface area (Å²) in [5.74, 6) is 0.986. The lowest BCUT2D eigenvalue weighted by Crippen LogP contribution is -2.29. The smallest absolute Gasteiger partial charge is 0.273 e. The molecule has 9 heteroatoms. The Labute approximate surface area is 158 Å². The first-order chi connectivity index (χ1) is 12.2. The summed E-state index contributed by atoms with van der Waals surface area (Å²) >= 11 is 0. The van der Waals surface area contributed by atoms with Crippen molar-refractivity contribution >= 4 is 18.3 Å². The van der Waals surface area contributed by atoms with Gasteiger partial charge in [-0.2, -0.15) is 0 Å². The third-order valence-electron chi connectivity index (χ3n) is 4.35. The van der Waals surface area contributed by atoms with Crippen LogP contribution in [0.5, 0.6) is 11.5 Å². The number of methoxy groups -OCH3 is 2. The van der Waals surface area contributed by atoms with Gasteiger partial charge in [-0.15, -0.1) is 17.5 Å². The van der Waals surface area contributed by atoms with Gasteiger partial charge in [0.05, 0.1) is 26.5 Å². The first kappa shape index (κ1) is 20.0. The van der Waals surface area contributed by atoms with Crippen molar-refractivity contribution in [2.24, 2.45) is 0 Å². The fraction of sp³-hybridized carbons (Fsp3) is 0.471. The summed E-state index contributed by atoms with van der Waals surface area (Å²) in [5, 5.41) is 14.3. The molecule has 1 amide bonds. The summed E-state index contributed by atoms with van der Waals surface area (Å²) in [6, 6.07) is 5.85. The fourth-order valence-electron chi connectivity index (χ4n) is 2.99. The highest BCUT2D eigenvalue weighted by Crippen LogP contribution is 2.30. The second kappa shape index (κ2) is 9.40. The minimum atomic E-state index is -0.259. The summed E-state index contributed by atoms with van der Waals surface area (Å²) in [6.07, 6.45) is 3.70. The van der Waals surface area contributed by atoms with E-state index in [0.717, 1.165) is 31.5 Å². The van der Waals surface area contributed by atoms with Crippen molar-refractivity contribution in [3.8, 4) is 11.5 Å². The van der Waals surface area contributed by atoms with Crippen LogP contribution in [0.25, 0.3) is 0 Å². The molecule has 1 aromatic carbocycles. The molecule has 0 spiro atoms. The summed E-state index contributed by atoms with van der Waals surface area (Å²) in [7, 11) is 3.16. The average Bonchev–Trinajstić information content (AvgIpc) is 3.16. The highest BCUT2D eigenvalue weighted by molar-refractivity contribution is 5.91. The van der Waals surface area contributed by atoms with E-state index < -0.39 is 0 Å². The number of hydrogen-bond acceptors (Lipinski definition) is 6. The number of piperidine rings is 1. The number of nitrogens with zero attached hydrogens (tertiary/aromatic N) is 3. The number of rotatable bonds is 6. The minimum absolute atomic E-state index is 0. The molecule has 0 radical (unpaired) electrons. The van der Waals surface area contributed by atoms with Gasteiger partial charge in [-0.05, 0) is 32.0 Å². The number of hydrogen-bond donors (Lipinski definition) is 2. The molecule has 0 bridgehead atoms. The maximum atomic E-state index is 12.4. The number of ether oxygens (including phenoxy) is 2.